The Hall–Kier alpha value is -1.19. The van der Waals surface area contributed by atoms with Gasteiger partial charge in [-0.3, -0.25) is 0 Å². The van der Waals surface area contributed by atoms with Crippen LogP contribution >= 0.6 is 0 Å². The Labute approximate surface area is 125 Å². The molecular formula is C13H16F4N2O2S. The van der Waals surface area contributed by atoms with Gasteiger partial charge >= 0.3 is 6.18 Å². The number of rotatable bonds is 4. The predicted octanol–water partition coefficient (Wildman–Crippen LogP) is 2.39. The van der Waals surface area contributed by atoms with E-state index in [1.165, 1.54) is 0 Å². The van der Waals surface area contributed by atoms with E-state index in [9.17, 15) is 26.0 Å². The van der Waals surface area contributed by atoms with Gasteiger partial charge < -0.3 is 5.73 Å². The summed E-state index contributed by atoms with van der Waals surface area (Å²) >= 11 is 0. The first-order chi connectivity index (χ1) is 10.1. The van der Waals surface area contributed by atoms with Crippen molar-refractivity contribution in [2.75, 3.05) is 6.54 Å². The van der Waals surface area contributed by atoms with E-state index in [1.54, 1.807) is 0 Å². The van der Waals surface area contributed by atoms with Gasteiger partial charge in [-0.15, -0.1) is 0 Å². The zero-order chi connectivity index (χ0) is 16.6. The lowest BCUT2D eigenvalue weighted by Crippen LogP contribution is -2.51. The number of hydrogen-bond donors (Lipinski definition) is 2. The van der Waals surface area contributed by atoms with Gasteiger partial charge in [0.15, 0.2) is 0 Å². The Morgan fingerprint density at radius 1 is 1.23 bits per heavy atom. The molecule has 1 aliphatic carbocycles. The van der Waals surface area contributed by atoms with E-state index < -0.39 is 38.0 Å². The molecule has 0 aromatic heterocycles. The zero-order valence-corrected chi connectivity index (χ0v) is 12.4. The van der Waals surface area contributed by atoms with Crippen molar-refractivity contribution in [3.8, 4) is 0 Å². The van der Waals surface area contributed by atoms with E-state index in [2.05, 4.69) is 4.72 Å². The van der Waals surface area contributed by atoms with Gasteiger partial charge in [0.1, 0.15) is 5.82 Å². The summed E-state index contributed by atoms with van der Waals surface area (Å²) in [6, 6.07) is 1.49. The van der Waals surface area contributed by atoms with Gasteiger partial charge in [0.05, 0.1) is 10.5 Å². The molecule has 0 radical (unpaired) electrons. The molecule has 0 unspecified atom stereocenters. The second-order valence-electron chi connectivity index (χ2n) is 5.44. The van der Waals surface area contributed by atoms with Crippen LogP contribution in [-0.4, -0.2) is 20.5 Å². The smallest absolute Gasteiger partial charge is 0.329 e. The molecule has 4 nitrogen and oxygen atoms in total. The van der Waals surface area contributed by atoms with Crippen molar-refractivity contribution in [3.63, 3.8) is 0 Å². The summed E-state index contributed by atoms with van der Waals surface area (Å²) in [5, 5.41) is 0. The Kier molecular flexibility index (Phi) is 4.51. The number of halogens is 4. The van der Waals surface area contributed by atoms with Crippen LogP contribution in [0.1, 0.15) is 31.2 Å². The molecule has 2 rings (SSSR count). The third-order valence-electron chi connectivity index (χ3n) is 3.84. The molecule has 1 fully saturated rings. The van der Waals surface area contributed by atoms with E-state index in [4.69, 9.17) is 5.73 Å². The van der Waals surface area contributed by atoms with E-state index in [1.807, 2.05) is 0 Å². The van der Waals surface area contributed by atoms with Crippen LogP contribution in [-0.2, 0) is 16.2 Å². The molecule has 0 heterocycles. The number of sulfonamides is 1. The molecule has 0 spiro atoms. The molecule has 1 aliphatic rings. The minimum atomic E-state index is -4.97. The van der Waals surface area contributed by atoms with Crippen LogP contribution in [0.4, 0.5) is 17.6 Å². The van der Waals surface area contributed by atoms with E-state index in [0.29, 0.717) is 25.0 Å². The normalized spacial score (nSPS) is 18.6. The molecular weight excluding hydrogens is 324 g/mol. The van der Waals surface area contributed by atoms with Crippen LogP contribution in [0, 0.1) is 5.82 Å². The van der Waals surface area contributed by atoms with Gasteiger partial charge in [-0.25, -0.2) is 17.5 Å². The maximum Gasteiger partial charge on any atom is 0.417 e. The van der Waals surface area contributed by atoms with Crippen LogP contribution in [0.25, 0.3) is 0 Å². The SMILES string of the molecule is NCC1(NS(=O)(=O)c2ccc(F)cc2C(F)(F)F)CCCC1. The average Bonchev–Trinajstić information content (AvgIpc) is 2.85. The fraction of sp³-hybridized carbons (Fsp3) is 0.538. The van der Waals surface area contributed by atoms with Crippen molar-refractivity contribution in [2.45, 2.75) is 42.3 Å². The van der Waals surface area contributed by atoms with Gasteiger partial charge in [0.25, 0.3) is 0 Å². The Morgan fingerprint density at radius 2 is 1.82 bits per heavy atom. The fourth-order valence-corrected chi connectivity index (χ4v) is 4.38. The molecule has 0 saturated heterocycles. The molecule has 22 heavy (non-hydrogen) atoms. The maximum atomic E-state index is 13.1. The molecule has 124 valence electrons. The summed E-state index contributed by atoms with van der Waals surface area (Å²) in [4.78, 5) is -0.985. The van der Waals surface area contributed by atoms with Crippen molar-refractivity contribution in [3.05, 3.63) is 29.6 Å². The Bertz CT molecular complexity index is 652. The first kappa shape index (κ1) is 17.2. The Morgan fingerprint density at radius 3 is 2.32 bits per heavy atom. The maximum absolute atomic E-state index is 13.1. The van der Waals surface area contributed by atoms with E-state index in [0.717, 1.165) is 12.8 Å². The molecule has 9 heteroatoms. The van der Waals surface area contributed by atoms with Gasteiger partial charge in [-0.05, 0) is 31.0 Å². The molecule has 1 aromatic carbocycles. The third-order valence-corrected chi connectivity index (χ3v) is 5.48. The largest absolute Gasteiger partial charge is 0.417 e. The molecule has 1 saturated carbocycles. The second-order valence-corrected chi connectivity index (χ2v) is 7.09. The first-order valence-electron chi connectivity index (χ1n) is 6.70. The lowest BCUT2D eigenvalue weighted by molar-refractivity contribution is -0.140. The van der Waals surface area contributed by atoms with Crippen LogP contribution < -0.4 is 10.5 Å². The quantitative estimate of drug-likeness (QED) is 0.827. The van der Waals surface area contributed by atoms with Gasteiger partial charge in [0.2, 0.25) is 10.0 Å². The van der Waals surface area contributed by atoms with Gasteiger partial charge in [-0.2, -0.15) is 13.2 Å². The number of alkyl halides is 3. The van der Waals surface area contributed by atoms with E-state index in [-0.39, 0.29) is 12.6 Å². The summed E-state index contributed by atoms with van der Waals surface area (Å²) in [6.45, 7) is -0.00518. The van der Waals surface area contributed by atoms with Crippen LogP contribution in [0.5, 0.6) is 0 Å². The zero-order valence-electron chi connectivity index (χ0n) is 11.6. The first-order valence-corrected chi connectivity index (χ1v) is 8.19. The van der Waals surface area contributed by atoms with Crippen molar-refractivity contribution in [1.82, 2.24) is 4.72 Å². The lowest BCUT2D eigenvalue weighted by atomic mass is 10.0. The highest BCUT2D eigenvalue weighted by Crippen LogP contribution is 2.36. The number of benzene rings is 1. The highest BCUT2D eigenvalue weighted by molar-refractivity contribution is 7.89. The van der Waals surface area contributed by atoms with Gasteiger partial charge in [-0.1, -0.05) is 12.8 Å². The monoisotopic (exact) mass is 340 g/mol. The summed E-state index contributed by atoms with van der Waals surface area (Å²) < 4.78 is 79.0. The molecule has 0 aliphatic heterocycles. The van der Waals surface area contributed by atoms with Crippen LogP contribution in [0.15, 0.2) is 23.1 Å². The van der Waals surface area contributed by atoms with E-state index >= 15 is 0 Å². The molecule has 1 aromatic rings. The highest BCUT2D eigenvalue weighted by Gasteiger charge is 2.41. The molecule has 3 N–H and O–H groups in total. The summed E-state index contributed by atoms with van der Waals surface area (Å²) in [5.41, 5.74) is 3.14. The standard InChI is InChI=1S/C13H16F4N2O2S/c14-9-3-4-11(10(7-9)13(15,16)17)22(20,21)19-12(8-18)5-1-2-6-12/h3-4,7,19H,1-2,5-6,8,18H2. The lowest BCUT2D eigenvalue weighted by Gasteiger charge is -2.28. The van der Waals surface area contributed by atoms with Gasteiger partial charge in [0, 0.05) is 12.1 Å². The topological polar surface area (TPSA) is 72.2 Å². The summed E-state index contributed by atoms with van der Waals surface area (Å²) in [5.74, 6) is -1.15. The summed E-state index contributed by atoms with van der Waals surface area (Å²) in [7, 11) is -4.46. The van der Waals surface area contributed by atoms with Crippen LogP contribution in [0.2, 0.25) is 0 Å². The highest BCUT2D eigenvalue weighted by atomic mass is 32.2. The molecule has 0 amide bonds. The Balaban J connectivity index is 2.46. The third kappa shape index (κ3) is 3.41. The average molecular weight is 340 g/mol. The van der Waals surface area contributed by atoms with Crippen molar-refractivity contribution < 1.29 is 26.0 Å². The number of nitrogens with one attached hydrogen (secondary N) is 1. The molecule has 0 atom stereocenters. The minimum Gasteiger partial charge on any atom is -0.329 e. The second kappa shape index (κ2) is 5.78. The van der Waals surface area contributed by atoms with Crippen molar-refractivity contribution >= 4 is 10.0 Å². The fourth-order valence-electron chi connectivity index (χ4n) is 2.70. The summed E-state index contributed by atoms with van der Waals surface area (Å²) in [6.07, 6.45) is -2.56. The van der Waals surface area contributed by atoms with Crippen molar-refractivity contribution in [1.29, 1.82) is 0 Å². The minimum absolute atomic E-state index is 0.00518. The molecule has 0 bridgehead atoms. The van der Waals surface area contributed by atoms with Crippen LogP contribution in [0.3, 0.4) is 0 Å². The number of nitrogens with two attached hydrogens (primary N) is 1. The predicted molar refractivity (Wildman–Crippen MR) is 72.0 cm³/mol. The number of hydrogen-bond acceptors (Lipinski definition) is 3. The van der Waals surface area contributed by atoms with Crippen molar-refractivity contribution in [2.24, 2.45) is 5.73 Å².